The predicted octanol–water partition coefficient (Wildman–Crippen LogP) is 4.19. The summed E-state index contributed by atoms with van der Waals surface area (Å²) in [6, 6.07) is 8.54. The number of halogens is 6. The predicted molar refractivity (Wildman–Crippen MR) is 122 cm³/mol. The Morgan fingerprint density at radius 1 is 0.974 bits per heavy atom. The summed E-state index contributed by atoms with van der Waals surface area (Å²) < 4.78 is 85.8. The number of ether oxygens (including phenoxy) is 1. The Bertz CT molecular complexity index is 1380. The number of hydrogen-bond acceptors (Lipinski definition) is 6. The summed E-state index contributed by atoms with van der Waals surface area (Å²) in [6.45, 7) is -1.92. The van der Waals surface area contributed by atoms with Gasteiger partial charge in [0.2, 0.25) is 0 Å². The molecule has 0 spiro atoms. The third kappa shape index (κ3) is 6.56. The molecule has 4 aromatic rings. The van der Waals surface area contributed by atoms with Gasteiger partial charge in [-0.25, -0.2) is 36.9 Å². The largest absolute Gasteiger partial charge is 0.487 e. The van der Waals surface area contributed by atoms with E-state index in [9.17, 15) is 31.4 Å². The van der Waals surface area contributed by atoms with Gasteiger partial charge in [0.1, 0.15) is 42.0 Å². The topological polar surface area (TPSA) is 90.9 Å². The number of aliphatic hydroxyl groups is 1. The van der Waals surface area contributed by atoms with Crippen molar-refractivity contribution in [1.82, 2.24) is 29.5 Å². The molecule has 14 heteroatoms. The molecular weight excluding hydrogens is 518 g/mol. The van der Waals surface area contributed by atoms with Gasteiger partial charge in [0, 0.05) is 11.6 Å². The molecule has 4 rings (SSSR count). The van der Waals surface area contributed by atoms with E-state index in [1.54, 1.807) is 6.08 Å². The van der Waals surface area contributed by atoms with Crippen molar-refractivity contribution in [2.75, 3.05) is 6.61 Å². The van der Waals surface area contributed by atoms with Crippen molar-refractivity contribution in [2.24, 2.45) is 0 Å². The number of nitrogens with zero attached hydrogens (tertiary/aromatic N) is 6. The summed E-state index contributed by atoms with van der Waals surface area (Å²) >= 11 is 0. The van der Waals surface area contributed by atoms with Crippen LogP contribution < -0.4 is 4.74 Å². The zero-order valence-electron chi connectivity index (χ0n) is 19.4. The van der Waals surface area contributed by atoms with Crippen LogP contribution in [0.3, 0.4) is 0 Å². The van der Waals surface area contributed by atoms with Crippen LogP contribution in [0.5, 0.6) is 5.75 Å². The van der Waals surface area contributed by atoms with Crippen LogP contribution in [0.2, 0.25) is 0 Å². The van der Waals surface area contributed by atoms with Crippen LogP contribution in [0.4, 0.5) is 26.3 Å². The number of aromatic nitrogens is 6. The van der Waals surface area contributed by atoms with Crippen LogP contribution in [0, 0.1) is 11.6 Å². The summed E-state index contributed by atoms with van der Waals surface area (Å²) in [5, 5.41) is 19.6. The minimum Gasteiger partial charge on any atom is -0.487 e. The average Bonchev–Trinajstić information content (AvgIpc) is 3.53. The first-order valence-electron chi connectivity index (χ1n) is 11.0. The van der Waals surface area contributed by atoms with E-state index in [1.165, 1.54) is 58.7 Å². The molecule has 8 nitrogen and oxygen atoms in total. The summed E-state index contributed by atoms with van der Waals surface area (Å²) in [7, 11) is 0. The molecule has 1 N–H and O–H groups in total. The van der Waals surface area contributed by atoms with Crippen LogP contribution >= 0.6 is 0 Å². The monoisotopic (exact) mass is 538 g/mol. The lowest BCUT2D eigenvalue weighted by molar-refractivity contribution is -0.148. The lowest BCUT2D eigenvalue weighted by atomic mass is 9.93. The van der Waals surface area contributed by atoms with E-state index in [1.807, 2.05) is 0 Å². The Kier molecular flexibility index (Phi) is 7.80. The lowest BCUT2D eigenvalue weighted by Crippen LogP contribution is -2.37. The van der Waals surface area contributed by atoms with Gasteiger partial charge in [-0.15, -0.1) is 0 Å². The van der Waals surface area contributed by atoms with E-state index in [0.29, 0.717) is 11.6 Å². The zero-order valence-corrected chi connectivity index (χ0v) is 19.4. The standard InChI is InChI=1S/C24H20F6N6O2/c25-17-4-7-19(20(26)9-17)23(37,10-35-14-31-13-33-35)11-36-15-32-21(34-36)8-3-16-1-5-18(6-2-16)38-12-24(29,30)22(27)28/h1-9,13-15,22,37H,10-12H2/t23-/m1/s1. The lowest BCUT2D eigenvalue weighted by Gasteiger charge is -2.28. The maximum atomic E-state index is 14.6. The first-order chi connectivity index (χ1) is 18.0. The van der Waals surface area contributed by atoms with Crippen molar-refractivity contribution in [3.8, 4) is 5.75 Å². The second kappa shape index (κ2) is 11.0. The molecule has 0 aliphatic heterocycles. The van der Waals surface area contributed by atoms with Gasteiger partial charge >= 0.3 is 12.3 Å². The van der Waals surface area contributed by atoms with Gasteiger partial charge in [0.05, 0.1) is 13.1 Å². The van der Waals surface area contributed by atoms with Gasteiger partial charge in [-0.2, -0.15) is 19.0 Å². The molecule has 2 aromatic heterocycles. The van der Waals surface area contributed by atoms with E-state index in [-0.39, 0.29) is 30.2 Å². The molecule has 0 aliphatic carbocycles. The maximum Gasteiger partial charge on any atom is 0.340 e. The number of rotatable bonds is 11. The van der Waals surface area contributed by atoms with E-state index in [2.05, 4.69) is 20.2 Å². The minimum absolute atomic E-state index is 0.00966. The molecule has 0 radical (unpaired) electrons. The van der Waals surface area contributed by atoms with Crippen molar-refractivity contribution >= 4 is 12.2 Å². The summed E-state index contributed by atoms with van der Waals surface area (Å²) in [5.74, 6) is -5.78. The average molecular weight is 538 g/mol. The number of alkyl halides is 4. The summed E-state index contributed by atoms with van der Waals surface area (Å²) in [4.78, 5) is 7.93. The molecule has 0 saturated heterocycles. The van der Waals surface area contributed by atoms with Gasteiger partial charge in [0.25, 0.3) is 0 Å². The van der Waals surface area contributed by atoms with Crippen molar-refractivity contribution in [3.63, 3.8) is 0 Å². The highest BCUT2D eigenvalue weighted by Gasteiger charge is 2.41. The van der Waals surface area contributed by atoms with Crippen LogP contribution in [-0.4, -0.2) is 53.6 Å². The van der Waals surface area contributed by atoms with Gasteiger partial charge < -0.3 is 9.84 Å². The van der Waals surface area contributed by atoms with E-state index < -0.39 is 36.2 Å². The number of hydrogen-bond donors (Lipinski definition) is 1. The van der Waals surface area contributed by atoms with E-state index in [4.69, 9.17) is 4.74 Å². The molecule has 0 aliphatic rings. The summed E-state index contributed by atoms with van der Waals surface area (Å²) in [6.07, 6.45) is 3.18. The fraction of sp³-hybridized carbons (Fsp3) is 0.250. The third-order valence-electron chi connectivity index (χ3n) is 5.36. The highest BCUT2D eigenvalue weighted by atomic mass is 19.3. The maximum absolute atomic E-state index is 14.6. The highest BCUT2D eigenvalue weighted by molar-refractivity contribution is 5.66. The Balaban J connectivity index is 1.45. The smallest absolute Gasteiger partial charge is 0.340 e. The fourth-order valence-electron chi connectivity index (χ4n) is 3.49. The Morgan fingerprint density at radius 3 is 2.37 bits per heavy atom. The van der Waals surface area contributed by atoms with Crippen LogP contribution in [-0.2, 0) is 18.7 Å². The number of benzene rings is 2. The second-order valence-electron chi connectivity index (χ2n) is 8.30. The minimum atomic E-state index is -4.26. The SMILES string of the molecule is O[C@](Cn1cncn1)(Cn1cnc(C=Cc2ccc(OCC(F)(F)C(F)F)cc2)n1)c1ccc(F)cc1F. The van der Waals surface area contributed by atoms with Crippen molar-refractivity contribution in [2.45, 2.75) is 31.0 Å². The molecule has 1 atom stereocenters. The molecule has 0 amide bonds. The molecule has 38 heavy (non-hydrogen) atoms. The Hall–Kier alpha value is -4.20. The first kappa shape index (κ1) is 26.9. The van der Waals surface area contributed by atoms with Gasteiger partial charge in [-0.05, 0) is 29.8 Å². The fourth-order valence-corrected chi connectivity index (χ4v) is 3.49. The van der Waals surface area contributed by atoms with E-state index in [0.717, 1.165) is 12.1 Å². The third-order valence-corrected chi connectivity index (χ3v) is 5.36. The molecule has 0 bridgehead atoms. The Morgan fingerprint density at radius 2 is 1.71 bits per heavy atom. The van der Waals surface area contributed by atoms with Crippen molar-refractivity contribution < 1.29 is 36.2 Å². The summed E-state index contributed by atoms with van der Waals surface area (Å²) in [5.41, 5.74) is -1.46. The quantitative estimate of drug-likeness (QED) is 0.288. The normalized spacial score (nSPS) is 13.8. The molecule has 200 valence electrons. The van der Waals surface area contributed by atoms with Gasteiger partial charge in [-0.3, -0.25) is 0 Å². The van der Waals surface area contributed by atoms with Crippen molar-refractivity contribution in [3.05, 3.63) is 90.0 Å². The van der Waals surface area contributed by atoms with Crippen LogP contribution in [0.25, 0.3) is 12.2 Å². The Labute approximate surface area is 211 Å². The zero-order chi connectivity index (χ0) is 27.3. The molecule has 2 heterocycles. The molecular formula is C24H20F6N6O2. The highest BCUT2D eigenvalue weighted by Crippen LogP contribution is 2.28. The molecule has 0 fully saturated rings. The first-order valence-corrected chi connectivity index (χ1v) is 11.0. The second-order valence-corrected chi connectivity index (χ2v) is 8.30. The molecule has 2 aromatic carbocycles. The molecule has 0 unspecified atom stereocenters. The van der Waals surface area contributed by atoms with Crippen LogP contribution in [0.15, 0.2) is 61.4 Å². The van der Waals surface area contributed by atoms with Gasteiger partial charge in [0.15, 0.2) is 12.4 Å². The molecule has 0 saturated carbocycles. The van der Waals surface area contributed by atoms with Gasteiger partial charge in [-0.1, -0.05) is 24.3 Å². The van der Waals surface area contributed by atoms with E-state index >= 15 is 0 Å². The van der Waals surface area contributed by atoms with Crippen molar-refractivity contribution in [1.29, 1.82) is 0 Å². The van der Waals surface area contributed by atoms with Crippen LogP contribution in [0.1, 0.15) is 17.0 Å².